The SMILES string of the molecule is COc1ccc([C@@H](Br)[C@@H](Br)C(=O)c2ccccc2O)cc1. The number of Topliss-reactive ketones (excluding diaryl/α,β-unsaturated/α-hetero) is 1. The Morgan fingerprint density at radius 3 is 2.29 bits per heavy atom. The predicted octanol–water partition coefficient (Wildman–Crippen LogP) is 4.48. The molecule has 0 aromatic heterocycles. The molecule has 0 fully saturated rings. The molecule has 2 aromatic rings. The van der Waals surface area contributed by atoms with Crippen LogP contribution >= 0.6 is 31.9 Å². The minimum atomic E-state index is -0.487. The molecule has 3 nitrogen and oxygen atoms in total. The van der Waals surface area contributed by atoms with E-state index in [1.165, 1.54) is 6.07 Å². The number of carbonyl (C=O) groups is 1. The minimum Gasteiger partial charge on any atom is -0.507 e. The van der Waals surface area contributed by atoms with Crippen LogP contribution < -0.4 is 4.74 Å². The zero-order valence-electron chi connectivity index (χ0n) is 11.3. The van der Waals surface area contributed by atoms with Crippen molar-refractivity contribution in [1.82, 2.24) is 0 Å². The summed E-state index contributed by atoms with van der Waals surface area (Å²) in [6, 6.07) is 14.0. The summed E-state index contributed by atoms with van der Waals surface area (Å²) in [5.74, 6) is 0.573. The van der Waals surface area contributed by atoms with Gasteiger partial charge in [0.15, 0.2) is 5.78 Å². The molecule has 0 saturated carbocycles. The number of alkyl halides is 2. The Morgan fingerprint density at radius 1 is 1.10 bits per heavy atom. The molecule has 0 aliphatic rings. The third kappa shape index (κ3) is 3.66. The number of phenols is 1. The van der Waals surface area contributed by atoms with E-state index in [0.717, 1.165) is 11.3 Å². The molecular formula is C16H14Br2O3. The Morgan fingerprint density at radius 2 is 1.71 bits per heavy atom. The van der Waals surface area contributed by atoms with Gasteiger partial charge in [0.1, 0.15) is 11.5 Å². The van der Waals surface area contributed by atoms with E-state index in [4.69, 9.17) is 4.74 Å². The van der Waals surface area contributed by atoms with Gasteiger partial charge in [-0.2, -0.15) is 0 Å². The van der Waals surface area contributed by atoms with Crippen LogP contribution in [0.1, 0.15) is 20.7 Å². The zero-order valence-corrected chi connectivity index (χ0v) is 14.5. The highest BCUT2D eigenvalue weighted by atomic mass is 79.9. The van der Waals surface area contributed by atoms with Gasteiger partial charge in [-0.15, -0.1) is 0 Å². The average molecular weight is 414 g/mol. The van der Waals surface area contributed by atoms with Crippen LogP contribution in [0, 0.1) is 0 Å². The summed E-state index contributed by atoms with van der Waals surface area (Å²) in [4.78, 5) is 11.7. The van der Waals surface area contributed by atoms with Crippen molar-refractivity contribution in [3.8, 4) is 11.5 Å². The topological polar surface area (TPSA) is 46.5 Å². The van der Waals surface area contributed by atoms with Crippen LogP contribution in [-0.2, 0) is 0 Å². The van der Waals surface area contributed by atoms with E-state index in [2.05, 4.69) is 31.9 Å². The van der Waals surface area contributed by atoms with Gasteiger partial charge < -0.3 is 9.84 Å². The van der Waals surface area contributed by atoms with E-state index in [1.54, 1.807) is 25.3 Å². The fourth-order valence-corrected chi connectivity index (χ4v) is 3.02. The van der Waals surface area contributed by atoms with Crippen LogP contribution in [0.2, 0.25) is 0 Å². The number of ether oxygens (including phenoxy) is 1. The van der Waals surface area contributed by atoms with Crippen LogP contribution in [0.3, 0.4) is 0 Å². The lowest BCUT2D eigenvalue weighted by atomic mass is 10.0. The van der Waals surface area contributed by atoms with Crippen molar-refractivity contribution >= 4 is 37.6 Å². The van der Waals surface area contributed by atoms with Gasteiger partial charge in [0.25, 0.3) is 0 Å². The molecule has 0 aliphatic carbocycles. The van der Waals surface area contributed by atoms with Gasteiger partial charge in [-0.3, -0.25) is 4.79 Å². The molecule has 0 amide bonds. The molecule has 0 aliphatic heterocycles. The van der Waals surface area contributed by atoms with Crippen LogP contribution in [0.5, 0.6) is 11.5 Å². The maximum absolute atomic E-state index is 12.4. The zero-order chi connectivity index (χ0) is 15.4. The summed E-state index contributed by atoms with van der Waals surface area (Å²) in [6.45, 7) is 0. The largest absolute Gasteiger partial charge is 0.507 e. The van der Waals surface area contributed by atoms with Crippen LogP contribution in [0.4, 0.5) is 0 Å². The van der Waals surface area contributed by atoms with Gasteiger partial charge in [0, 0.05) is 0 Å². The second-order valence-electron chi connectivity index (χ2n) is 4.46. The number of phenolic OH excluding ortho intramolecular Hbond substituents is 1. The Kier molecular flexibility index (Phi) is 5.42. The first-order valence-electron chi connectivity index (χ1n) is 6.29. The number of rotatable bonds is 5. The minimum absolute atomic E-state index is 0.0126. The van der Waals surface area contributed by atoms with E-state index in [0.29, 0.717) is 5.56 Å². The number of methoxy groups -OCH3 is 1. The predicted molar refractivity (Wildman–Crippen MR) is 89.8 cm³/mol. The lowest BCUT2D eigenvalue weighted by Crippen LogP contribution is -2.19. The third-order valence-corrected chi connectivity index (χ3v) is 5.82. The summed E-state index contributed by atoms with van der Waals surface area (Å²) in [5.41, 5.74) is 1.25. The maximum atomic E-state index is 12.4. The summed E-state index contributed by atoms with van der Waals surface area (Å²) in [7, 11) is 1.61. The maximum Gasteiger partial charge on any atom is 0.181 e. The number of benzene rings is 2. The molecule has 0 radical (unpaired) electrons. The van der Waals surface area contributed by atoms with Crippen LogP contribution in [-0.4, -0.2) is 22.8 Å². The summed E-state index contributed by atoms with van der Waals surface area (Å²) in [5, 5.41) is 9.78. The fraction of sp³-hybridized carbons (Fsp3) is 0.188. The number of aromatic hydroxyl groups is 1. The van der Waals surface area contributed by atoms with Crippen LogP contribution in [0.25, 0.3) is 0 Å². The van der Waals surface area contributed by atoms with Gasteiger partial charge in [-0.05, 0) is 29.8 Å². The second-order valence-corrected chi connectivity index (χ2v) is 6.43. The summed E-state index contributed by atoms with van der Waals surface area (Å²) in [6.07, 6.45) is 0. The van der Waals surface area contributed by atoms with Gasteiger partial charge in [0.05, 0.1) is 22.3 Å². The molecule has 21 heavy (non-hydrogen) atoms. The molecular weight excluding hydrogens is 400 g/mol. The molecule has 110 valence electrons. The van der Waals surface area contributed by atoms with E-state index in [-0.39, 0.29) is 16.4 Å². The van der Waals surface area contributed by atoms with Crippen molar-refractivity contribution in [3.05, 3.63) is 59.7 Å². The van der Waals surface area contributed by atoms with Gasteiger partial charge >= 0.3 is 0 Å². The molecule has 2 aromatic carbocycles. The molecule has 1 N–H and O–H groups in total. The van der Waals surface area contributed by atoms with Crippen LogP contribution in [0.15, 0.2) is 48.5 Å². The highest BCUT2D eigenvalue weighted by molar-refractivity contribution is 9.12. The lowest BCUT2D eigenvalue weighted by molar-refractivity contribution is 0.0988. The molecule has 5 heteroatoms. The highest BCUT2D eigenvalue weighted by Crippen LogP contribution is 2.35. The van der Waals surface area contributed by atoms with Crippen molar-refractivity contribution in [2.45, 2.75) is 9.65 Å². The number of hydrogen-bond acceptors (Lipinski definition) is 3. The standard InChI is InChI=1S/C16H14Br2O3/c1-21-11-8-6-10(7-9-11)14(17)15(18)16(20)12-4-2-3-5-13(12)19/h2-9,14-15,19H,1H3/t14-,15-/m1/s1. The number of halogens is 2. The van der Waals surface area contributed by atoms with E-state index in [1.807, 2.05) is 24.3 Å². The van der Waals surface area contributed by atoms with Gasteiger partial charge in [-0.25, -0.2) is 0 Å². The number of para-hydroxylation sites is 1. The van der Waals surface area contributed by atoms with Crippen molar-refractivity contribution in [2.24, 2.45) is 0 Å². The van der Waals surface area contributed by atoms with Crippen molar-refractivity contribution in [2.75, 3.05) is 7.11 Å². The highest BCUT2D eigenvalue weighted by Gasteiger charge is 2.27. The quantitative estimate of drug-likeness (QED) is 0.580. The molecule has 0 heterocycles. The molecule has 0 unspecified atom stereocenters. The normalized spacial score (nSPS) is 13.5. The van der Waals surface area contributed by atoms with Gasteiger partial charge in [0.2, 0.25) is 0 Å². The first-order valence-corrected chi connectivity index (χ1v) is 8.12. The number of carbonyl (C=O) groups excluding carboxylic acids is 1. The Balaban J connectivity index is 2.20. The fourth-order valence-electron chi connectivity index (χ4n) is 1.92. The number of ketones is 1. The first-order chi connectivity index (χ1) is 10.0. The second kappa shape index (κ2) is 7.09. The smallest absolute Gasteiger partial charge is 0.181 e. The number of hydrogen-bond donors (Lipinski definition) is 1. The molecule has 2 atom stereocenters. The lowest BCUT2D eigenvalue weighted by Gasteiger charge is -2.17. The average Bonchev–Trinajstić information content (AvgIpc) is 2.53. The van der Waals surface area contributed by atoms with Crippen molar-refractivity contribution in [1.29, 1.82) is 0 Å². The summed E-state index contributed by atoms with van der Waals surface area (Å²) >= 11 is 6.94. The van der Waals surface area contributed by atoms with E-state index < -0.39 is 4.83 Å². The van der Waals surface area contributed by atoms with Crippen molar-refractivity contribution < 1.29 is 14.6 Å². The summed E-state index contributed by atoms with van der Waals surface area (Å²) < 4.78 is 5.11. The van der Waals surface area contributed by atoms with Crippen molar-refractivity contribution in [3.63, 3.8) is 0 Å². The Labute approximate surface area is 140 Å². The molecule has 2 rings (SSSR count). The molecule has 0 spiro atoms. The van der Waals surface area contributed by atoms with Gasteiger partial charge in [-0.1, -0.05) is 56.1 Å². The van der Waals surface area contributed by atoms with E-state index in [9.17, 15) is 9.90 Å². The molecule has 0 saturated heterocycles. The monoisotopic (exact) mass is 412 g/mol. The first kappa shape index (κ1) is 16.0. The third-order valence-electron chi connectivity index (χ3n) is 3.11. The Bertz CT molecular complexity index is 626. The Hall–Kier alpha value is -1.33. The molecule has 0 bridgehead atoms. The van der Waals surface area contributed by atoms with E-state index >= 15 is 0 Å².